The second kappa shape index (κ2) is 5.58. The number of nitrogens with two attached hydrogens (primary N) is 1. The van der Waals surface area contributed by atoms with Crippen LogP contribution in [-0.4, -0.2) is 15.9 Å². The Morgan fingerprint density at radius 3 is 2.86 bits per heavy atom. The Labute approximate surface area is 122 Å². The van der Waals surface area contributed by atoms with E-state index < -0.39 is 0 Å². The summed E-state index contributed by atoms with van der Waals surface area (Å²) >= 11 is 0. The van der Waals surface area contributed by atoms with Crippen LogP contribution in [0.2, 0.25) is 0 Å². The summed E-state index contributed by atoms with van der Waals surface area (Å²) in [5, 5.41) is 14.4. The average Bonchev–Trinajstić information content (AvgIpc) is 2.52. The lowest BCUT2D eigenvalue weighted by atomic mass is 10.1. The number of nitrogens with zero attached hydrogens (tertiary/aromatic N) is 3. The molecule has 3 aromatic rings. The van der Waals surface area contributed by atoms with Gasteiger partial charge in [-0.15, -0.1) is 5.10 Å². The minimum atomic E-state index is 0.636. The molecule has 1 heterocycles. The number of hydrogen-bond acceptors (Lipinski definition) is 5. The maximum absolute atomic E-state index is 5.78. The monoisotopic (exact) mass is 277 g/mol. The smallest absolute Gasteiger partial charge is 0.176 e. The highest BCUT2D eigenvalue weighted by molar-refractivity contribution is 6.00. The van der Waals surface area contributed by atoms with Crippen LogP contribution in [-0.2, 0) is 0 Å². The van der Waals surface area contributed by atoms with E-state index >= 15 is 0 Å². The van der Waals surface area contributed by atoms with Crippen molar-refractivity contribution in [2.45, 2.75) is 6.92 Å². The molecule has 0 radical (unpaired) electrons. The third kappa shape index (κ3) is 2.81. The topological polar surface area (TPSA) is 76.2 Å². The highest BCUT2D eigenvalue weighted by Crippen LogP contribution is 2.19. The lowest BCUT2D eigenvalue weighted by Crippen LogP contribution is -2.02. The molecule has 3 rings (SSSR count). The van der Waals surface area contributed by atoms with E-state index in [1.54, 1.807) is 6.20 Å². The van der Waals surface area contributed by atoms with Gasteiger partial charge in [0.05, 0.1) is 11.9 Å². The van der Waals surface area contributed by atoms with Crippen LogP contribution < -0.4 is 11.2 Å². The van der Waals surface area contributed by atoms with Gasteiger partial charge in [-0.1, -0.05) is 36.4 Å². The van der Waals surface area contributed by atoms with Gasteiger partial charge >= 0.3 is 0 Å². The summed E-state index contributed by atoms with van der Waals surface area (Å²) in [6.07, 6.45) is 1.73. The van der Waals surface area contributed by atoms with Crippen molar-refractivity contribution in [3.8, 4) is 0 Å². The molecule has 5 nitrogen and oxygen atoms in total. The van der Waals surface area contributed by atoms with E-state index in [0.29, 0.717) is 11.5 Å². The number of rotatable bonds is 3. The third-order valence-corrected chi connectivity index (χ3v) is 3.20. The van der Waals surface area contributed by atoms with E-state index in [0.717, 1.165) is 22.0 Å². The van der Waals surface area contributed by atoms with E-state index in [4.69, 9.17) is 5.73 Å². The van der Waals surface area contributed by atoms with Crippen molar-refractivity contribution in [1.29, 1.82) is 0 Å². The van der Waals surface area contributed by atoms with E-state index in [9.17, 15) is 0 Å². The summed E-state index contributed by atoms with van der Waals surface area (Å²) in [7, 11) is 0. The number of hydrazone groups is 1. The minimum absolute atomic E-state index is 0.636. The number of anilines is 2. The molecule has 2 aromatic carbocycles. The Hall–Kier alpha value is -2.95. The quantitative estimate of drug-likeness (QED) is 0.438. The molecule has 21 heavy (non-hydrogen) atoms. The molecule has 0 atom stereocenters. The second-order valence-corrected chi connectivity index (χ2v) is 4.71. The molecular weight excluding hydrogens is 262 g/mol. The number of nitrogens with one attached hydrogen (secondary N) is 1. The summed E-state index contributed by atoms with van der Waals surface area (Å²) in [5.41, 5.74) is 11.3. The van der Waals surface area contributed by atoms with Crippen molar-refractivity contribution in [3.63, 3.8) is 0 Å². The standard InChI is InChI=1S/C16H15N5/c1-11(12-6-4-7-14(17)9-12)19-21-16-15-8-3-2-5-13(15)10-18-20-16/h2-10H,17H2,1H3,(H,20,21)/b19-11-. The van der Waals surface area contributed by atoms with Crippen molar-refractivity contribution in [3.05, 3.63) is 60.3 Å². The molecule has 0 bridgehead atoms. The highest BCUT2D eigenvalue weighted by atomic mass is 15.3. The van der Waals surface area contributed by atoms with Gasteiger partial charge < -0.3 is 5.73 Å². The van der Waals surface area contributed by atoms with E-state index in [-0.39, 0.29) is 0 Å². The van der Waals surface area contributed by atoms with Crippen LogP contribution >= 0.6 is 0 Å². The predicted molar refractivity (Wildman–Crippen MR) is 86.2 cm³/mol. The normalized spacial score (nSPS) is 11.6. The largest absolute Gasteiger partial charge is 0.399 e. The van der Waals surface area contributed by atoms with Crippen LogP contribution in [0, 0.1) is 0 Å². The summed E-state index contributed by atoms with van der Waals surface area (Å²) in [6, 6.07) is 15.5. The van der Waals surface area contributed by atoms with Crippen LogP contribution in [0.5, 0.6) is 0 Å². The van der Waals surface area contributed by atoms with Crippen LogP contribution in [0.15, 0.2) is 59.8 Å². The Morgan fingerprint density at radius 1 is 1.14 bits per heavy atom. The maximum atomic E-state index is 5.78. The first-order valence-electron chi connectivity index (χ1n) is 6.61. The molecule has 0 amide bonds. The maximum Gasteiger partial charge on any atom is 0.176 e. The summed E-state index contributed by atoms with van der Waals surface area (Å²) in [5.74, 6) is 0.636. The summed E-state index contributed by atoms with van der Waals surface area (Å²) < 4.78 is 0. The average molecular weight is 277 g/mol. The van der Waals surface area contributed by atoms with Gasteiger partial charge in [-0.3, -0.25) is 5.43 Å². The fraction of sp³-hybridized carbons (Fsp3) is 0.0625. The number of aromatic nitrogens is 2. The third-order valence-electron chi connectivity index (χ3n) is 3.20. The van der Waals surface area contributed by atoms with Crippen molar-refractivity contribution in [1.82, 2.24) is 10.2 Å². The van der Waals surface area contributed by atoms with Gasteiger partial charge in [-0.05, 0) is 24.6 Å². The SMILES string of the molecule is C/C(=N/Nc1nncc2ccccc12)c1cccc(N)c1. The molecule has 0 fully saturated rings. The number of nitrogen functional groups attached to an aromatic ring is 1. The first kappa shape index (κ1) is 13.1. The Morgan fingerprint density at radius 2 is 2.00 bits per heavy atom. The van der Waals surface area contributed by atoms with Gasteiger partial charge in [-0.2, -0.15) is 10.2 Å². The number of hydrogen-bond donors (Lipinski definition) is 2. The first-order chi connectivity index (χ1) is 10.2. The first-order valence-corrected chi connectivity index (χ1v) is 6.61. The summed E-state index contributed by atoms with van der Waals surface area (Å²) in [4.78, 5) is 0. The second-order valence-electron chi connectivity index (χ2n) is 4.71. The lowest BCUT2D eigenvalue weighted by Gasteiger charge is -2.05. The number of benzene rings is 2. The van der Waals surface area contributed by atoms with E-state index in [2.05, 4.69) is 20.7 Å². The lowest BCUT2D eigenvalue weighted by molar-refractivity contribution is 1.04. The molecule has 0 aliphatic rings. The van der Waals surface area contributed by atoms with Crippen molar-refractivity contribution < 1.29 is 0 Å². The van der Waals surface area contributed by atoms with Gasteiger partial charge in [0.15, 0.2) is 5.82 Å². The van der Waals surface area contributed by atoms with Crippen LogP contribution in [0.1, 0.15) is 12.5 Å². The molecule has 0 unspecified atom stereocenters. The van der Waals surface area contributed by atoms with E-state index in [1.807, 2.05) is 55.5 Å². The summed E-state index contributed by atoms with van der Waals surface area (Å²) in [6.45, 7) is 1.92. The zero-order valence-corrected chi connectivity index (χ0v) is 11.6. The Balaban J connectivity index is 1.90. The molecule has 1 aromatic heterocycles. The molecule has 3 N–H and O–H groups in total. The molecule has 0 spiro atoms. The van der Waals surface area contributed by atoms with Crippen LogP contribution in [0.3, 0.4) is 0 Å². The van der Waals surface area contributed by atoms with Gasteiger partial charge in [0, 0.05) is 16.5 Å². The minimum Gasteiger partial charge on any atom is -0.399 e. The van der Waals surface area contributed by atoms with Crippen LogP contribution in [0.4, 0.5) is 11.5 Å². The highest BCUT2D eigenvalue weighted by Gasteiger charge is 2.02. The predicted octanol–water partition coefficient (Wildman–Crippen LogP) is 3.05. The van der Waals surface area contributed by atoms with Gasteiger partial charge in [0.2, 0.25) is 0 Å². The zero-order chi connectivity index (χ0) is 14.7. The van der Waals surface area contributed by atoms with Crippen molar-refractivity contribution >= 4 is 28.0 Å². The Bertz CT molecular complexity index is 805. The van der Waals surface area contributed by atoms with Gasteiger partial charge in [0.1, 0.15) is 0 Å². The molecule has 104 valence electrons. The molecule has 5 heteroatoms. The number of fused-ring (bicyclic) bond motifs is 1. The van der Waals surface area contributed by atoms with Crippen molar-refractivity contribution in [2.75, 3.05) is 11.2 Å². The zero-order valence-electron chi connectivity index (χ0n) is 11.6. The molecule has 0 aliphatic carbocycles. The van der Waals surface area contributed by atoms with Crippen molar-refractivity contribution in [2.24, 2.45) is 5.10 Å². The molecule has 0 aliphatic heterocycles. The van der Waals surface area contributed by atoms with E-state index in [1.165, 1.54) is 0 Å². The van der Waals surface area contributed by atoms with Crippen LogP contribution in [0.25, 0.3) is 10.8 Å². The van der Waals surface area contributed by atoms with Gasteiger partial charge in [-0.25, -0.2) is 0 Å². The molecule has 0 saturated carbocycles. The fourth-order valence-electron chi connectivity index (χ4n) is 2.08. The Kier molecular flexibility index (Phi) is 3.47. The fourth-order valence-corrected chi connectivity index (χ4v) is 2.08. The van der Waals surface area contributed by atoms with Gasteiger partial charge in [0.25, 0.3) is 0 Å². The molecular formula is C16H15N5. The molecule has 0 saturated heterocycles.